The van der Waals surface area contributed by atoms with Crippen LogP contribution in [-0.4, -0.2) is 129 Å². The van der Waals surface area contributed by atoms with Gasteiger partial charge < -0.3 is 25.6 Å². The number of fused-ring (bicyclic) bond motifs is 2. The van der Waals surface area contributed by atoms with Crippen LogP contribution in [-0.2, 0) is 86.5 Å². The number of anilines is 4. The summed E-state index contributed by atoms with van der Waals surface area (Å²) in [6, 6.07) is 12.5. The summed E-state index contributed by atoms with van der Waals surface area (Å²) >= 11 is 6.77. The molecule has 0 bridgehead atoms. The molecule has 0 aliphatic rings. The highest BCUT2D eigenvalue weighted by molar-refractivity contribution is 7.94. The molecule has 0 amide bonds. The molecule has 0 saturated carbocycles. The molecule has 10 N–H and O–H groups in total. The summed E-state index contributed by atoms with van der Waals surface area (Å²) in [6.07, 6.45) is 0. The Kier molecular flexibility index (Phi) is 21.7. The molecule has 456 valence electrons. The number of nitrogens with zero attached hydrogens (tertiary/aromatic N) is 7. The summed E-state index contributed by atoms with van der Waals surface area (Å²) in [5, 5.41) is 78.1. The average molecular weight is 1360 g/mol. The van der Waals surface area contributed by atoms with Gasteiger partial charge in [0.15, 0.2) is 55.8 Å². The summed E-state index contributed by atoms with van der Waals surface area (Å²) in [5.74, 6) is -4.67. The lowest BCUT2D eigenvalue weighted by atomic mass is 10.1. The molecular formula is C40H34ClN9O27S8. The number of hydrogen-bond donors (Lipinski definition) is 10. The van der Waals surface area contributed by atoms with Crippen molar-refractivity contribution in [2.45, 2.75) is 29.4 Å². The van der Waals surface area contributed by atoms with Crippen LogP contribution in [0.5, 0.6) is 17.2 Å². The first-order valence-corrected chi connectivity index (χ1v) is 32.0. The van der Waals surface area contributed by atoms with Crippen molar-refractivity contribution >= 4 is 166 Å². The molecule has 0 unspecified atom stereocenters. The molecule has 0 saturated heterocycles. The molecule has 7 rings (SSSR count). The van der Waals surface area contributed by atoms with Crippen LogP contribution in [0.3, 0.4) is 0 Å². The summed E-state index contributed by atoms with van der Waals surface area (Å²) in [4.78, 5) is 8.15. The Morgan fingerprint density at radius 1 is 0.553 bits per heavy atom. The van der Waals surface area contributed by atoms with Gasteiger partial charge in [-0.3, -0.25) is 22.0 Å². The lowest BCUT2D eigenvalue weighted by Crippen LogP contribution is -2.11. The SMILES string of the molecule is COc1ccc(S(=O)(=O)CCOSOOO)cc1N=Nc1c(SOOO)cc2cc(S(=O)(=O)O)cc(Nc3nc(Cl)nc(Nc4cc(S(=O)(=O)O)cc5cc(S(=O)(=O)O)c(N=Nc6ccc(S(=O)(=O)CCOSOOO)cc6)c(O)c45)n3)c2c1O. The molecule has 0 aliphatic heterocycles. The van der Waals surface area contributed by atoms with Crippen LogP contribution in [0.2, 0.25) is 5.28 Å². The zero-order chi connectivity index (χ0) is 62.1. The highest BCUT2D eigenvalue weighted by Gasteiger charge is 2.28. The highest BCUT2D eigenvalue weighted by atomic mass is 35.5. The number of phenolic OH excluding ortho intramolecular Hbond substituents is 2. The van der Waals surface area contributed by atoms with E-state index in [2.05, 4.69) is 74.2 Å². The number of aromatic nitrogens is 3. The molecule has 0 radical (unpaired) electrons. The number of rotatable bonds is 29. The smallest absolute Gasteiger partial charge is 0.296 e. The van der Waals surface area contributed by atoms with E-state index in [1.165, 1.54) is 13.2 Å². The second-order valence-electron chi connectivity index (χ2n) is 15.9. The van der Waals surface area contributed by atoms with Gasteiger partial charge in [-0.2, -0.15) is 45.3 Å². The molecule has 0 fully saturated rings. The van der Waals surface area contributed by atoms with E-state index in [0.717, 1.165) is 54.6 Å². The van der Waals surface area contributed by atoms with Gasteiger partial charge in [-0.1, -0.05) is 15.1 Å². The number of methoxy groups -OCH3 is 1. The molecule has 0 aliphatic carbocycles. The number of hydrogen-bond acceptors (Lipinski definition) is 36. The summed E-state index contributed by atoms with van der Waals surface area (Å²) < 4.78 is 186. The first-order valence-electron chi connectivity index (χ1n) is 21.9. The zero-order valence-corrected chi connectivity index (χ0v) is 48.7. The van der Waals surface area contributed by atoms with E-state index >= 15 is 0 Å². The Labute approximate surface area is 494 Å². The molecule has 36 nitrogen and oxygen atoms in total. The topological polar surface area (TPSA) is 528 Å². The largest absolute Gasteiger partial charge is 0.505 e. The van der Waals surface area contributed by atoms with Gasteiger partial charge in [0.05, 0.1) is 85.4 Å². The standard InChI is InChI=1S/C40H34ClN9O27S8/c1-69-29-7-6-23(82(58,59)11-9-71-80-77-74-55)16-26(29)48-49-34-30(78-75-72-53)14-19-12-24(83(60,61)62)17-27(32(19)36(34)51)42-39-44-38(41)45-40(46-39)43-28-18-25(84(63,64)65)13-20-15-31(85(66,67)68)35(37(52)33(20)28)50-47-21-2-4-22(5-3-21)81(56,57)10-8-70-79-76-73-54/h2-7,12-18,51-55H,8-11H2,1H3,(H,60,61,62)(H,63,64,65)(H,66,67,68)(H2,42,43,44,45,46). The van der Waals surface area contributed by atoms with Crippen LogP contribution in [0.4, 0.5) is 46.0 Å². The van der Waals surface area contributed by atoms with Gasteiger partial charge >= 0.3 is 0 Å². The predicted molar refractivity (Wildman–Crippen MR) is 291 cm³/mol. The summed E-state index contributed by atoms with van der Waals surface area (Å²) in [7, 11) is -22.7. The van der Waals surface area contributed by atoms with E-state index in [9.17, 15) is 66.0 Å². The third-order valence-electron chi connectivity index (χ3n) is 10.7. The lowest BCUT2D eigenvalue weighted by Gasteiger charge is -2.16. The second kappa shape index (κ2) is 28.0. The molecule has 0 spiro atoms. The molecule has 6 aromatic carbocycles. The van der Waals surface area contributed by atoms with E-state index in [-0.39, 0.29) is 79.3 Å². The number of ether oxygens (including phenoxy) is 1. The fourth-order valence-corrected chi connectivity index (χ4v) is 12.4. The Morgan fingerprint density at radius 2 is 1.05 bits per heavy atom. The molecule has 0 atom stereocenters. The molecular weight excluding hydrogens is 1330 g/mol. The summed E-state index contributed by atoms with van der Waals surface area (Å²) in [5.41, 5.74) is -3.05. The van der Waals surface area contributed by atoms with E-state index in [4.69, 9.17) is 40.5 Å². The normalized spacial score (nSPS) is 12.7. The van der Waals surface area contributed by atoms with Crippen molar-refractivity contribution < 1.29 is 123 Å². The van der Waals surface area contributed by atoms with Crippen LogP contribution in [0.1, 0.15) is 0 Å². The fourth-order valence-electron chi connectivity index (χ4n) is 7.15. The Bertz CT molecular complexity index is 4330. The Morgan fingerprint density at radius 3 is 1.55 bits per heavy atom. The number of aromatic hydroxyl groups is 2. The van der Waals surface area contributed by atoms with Gasteiger partial charge in [-0.05, 0) is 101 Å². The third-order valence-corrected chi connectivity index (χ3v) is 18.1. The number of sulfone groups is 2. The van der Waals surface area contributed by atoms with Crippen molar-refractivity contribution in [2.24, 2.45) is 20.5 Å². The summed E-state index contributed by atoms with van der Waals surface area (Å²) in [6.45, 7) is -0.889. The van der Waals surface area contributed by atoms with Gasteiger partial charge in [0.1, 0.15) is 27.7 Å². The molecule has 1 heterocycles. The van der Waals surface area contributed by atoms with Crippen molar-refractivity contribution in [3.63, 3.8) is 0 Å². The van der Waals surface area contributed by atoms with E-state index < -0.39 is 152 Å². The van der Waals surface area contributed by atoms with E-state index in [0.29, 0.717) is 18.2 Å². The molecule has 85 heavy (non-hydrogen) atoms. The second-order valence-corrected chi connectivity index (χ2v) is 26.4. The van der Waals surface area contributed by atoms with Gasteiger partial charge in [0, 0.05) is 10.8 Å². The monoisotopic (exact) mass is 1360 g/mol. The first kappa shape index (κ1) is 66.1. The lowest BCUT2D eigenvalue weighted by molar-refractivity contribution is -0.434. The van der Waals surface area contributed by atoms with Crippen molar-refractivity contribution in [2.75, 3.05) is 42.5 Å². The van der Waals surface area contributed by atoms with Crippen LogP contribution >= 0.6 is 48.3 Å². The van der Waals surface area contributed by atoms with Crippen LogP contribution < -0.4 is 15.4 Å². The number of azo groups is 2. The maximum Gasteiger partial charge on any atom is 0.296 e. The van der Waals surface area contributed by atoms with Gasteiger partial charge in [0.25, 0.3) is 30.4 Å². The van der Waals surface area contributed by atoms with Crippen molar-refractivity contribution in [1.29, 1.82) is 0 Å². The zero-order valence-electron chi connectivity index (χ0n) is 41.4. The van der Waals surface area contributed by atoms with Crippen molar-refractivity contribution in [3.05, 3.63) is 84.1 Å². The number of nitrogens with one attached hydrogen (secondary N) is 2. The minimum atomic E-state index is -5.40. The predicted octanol–water partition coefficient (Wildman–Crippen LogP) is 8.29. The van der Waals surface area contributed by atoms with Gasteiger partial charge in [-0.15, -0.1) is 28.3 Å². The van der Waals surface area contributed by atoms with Crippen LogP contribution in [0.15, 0.2) is 129 Å². The third kappa shape index (κ3) is 16.8. The molecule has 1 aromatic heterocycles. The average Bonchev–Trinajstić information content (AvgIpc) is 1.44. The molecule has 7 aromatic rings. The minimum absolute atomic E-state index is 0.0645. The number of phenols is 2. The Balaban J connectivity index is 1.31. The van der Waals surface area contributed by atoms with Crippen LogP contribution in [0.25, 0.3) is 21.5 Å². The van der Waals surface area contributed by atoms with Crippen molar-refractivity contribution in [3.8, 4) is 17.2 Å². The fraction of sp³-hybridized carbons (Fsp3) is 0.125. The first-order chi connectivity index (χ1) is 40.1. The van der Waals surface area contributed by atoms with E-state index in [1.54, 1.807) is 0 Å². The quantitative estimate of drug-likeness (QED) is 0.00526. The highest BCUT2D eigenvalue weighted by Crippen LogP contribution is 2.49. The van der Waals surface area contributed by atoms with Crippen molar-refractivity contribution in [1.82, 2.24) is 15.0 Å². The number of benzene rings is 6. The minimum Gasteiger partial charge on any atom is -0.505 e. The Hall–Kier alpha value is -6.42. The van der Waals surface area contributed by atoms with Gasteiger partial charge in [-0.25, -0.2) is 32.6 Å². The maximum absolute atomic E-state index is 13.2. The maximum atomic E-state index is 13.2. The molecule has 45 heteroatoms. The van der Waals surface area contributed by atoms with Gasteiger partial charge in [0.2, 0.25) is 17.2 Å². The number of halogens is 1. The van der Waals surface area contributed by atoms with E-state index in [1.807, 2.05) is 0 Å². The van der Waals surface area contributed by atoms with Crippen LogP contribution in [0, 0.1) is 0 Å².